The van der Waals surface area contributed by atoms with Crippen molar-refractivity contribution in [3.05, 3.63) is 18.0 Å². The molecule has 2 aliphatic rings. The van der Waals surface area contributed by atoms with Crippen molar-refractivity contribution < 1.29 is 18.0 Å². The van der Waals surface area contributed by atoms with Crippen LogP contribution in [0.5, 0.6) is 0 Å². The molecule has 0 N–H and O–H groups in total. The van der Waals surface area contributed by atoms with Crippen LogP contribution in [0, 0.1) is 0 Å². The number of rotatable bonds is 3. The van der Waals surface area contributed by atoms with Gasteiger partial charge < -0.3 is 9.80 Å². The number of alkyl halides is 3. The fourth-order valence-corrected chi connectivity index (χ4v) is 3.75. The molecule has 2 fully saturated rings. The van der Waals surface area contributed by atoms with Crippen LogP contribution in [0.1, 0.15) is 31.4 Å². The van der Waals surface area contributed by atoms with Gasteiger partial charge in [-0.3, -0.25) is 9.48 Å². The van der Waals surface area contributed by atoms with E-state index in [1.54, 1.807) is 0 Å². The number of carbonyl (C=O) groups excluding carboxylic acids is 1. The van der Waals surface area contributed by atoms with Crippen molar-refractivity contribution in [3.8, 4) is 0 Å². The Labute approximate surface area is 133 Å². The number of nitrogens with zero attached hydrogens (tertiary/aromatic N) is 4. The van der Waals surface area contributed by atoms with Crippen molar-refractivity contribution in [3.63, 3.8) is 0 Å². The standard InChI is InChI=1S/C15H21F3N4O/c1-20-7-2-4-11(20)12-5-3-8-22(12)14(23)10-21-9-6-13(19-21)15(16,17)18/h6,9,11-12H,2-5,7-8,10H2,1H3/t11-,12-/m1/s1. The van der Waals surface area contributed by atoms with Crippen LogP contribution in [0.15, 0.2) is 12.3 Å². The monoisotopic (exact) mass is 330 g/mol. The molecule has 0 aliphatic carbocycles. The van der Waals surface area contributed by atoms with Crippen LogP contribution < -0.4 is 0 Å². The van der Waals surface area contributed by atoms with Crippen LogP contribution in [0.3, 0.4) is 0 Å². The van der Waals surface area contributed by atoms with Gasteiger partial charge in [-0.15, -0.1) is 0 Å². The molecule has 0 radical (unpaired) electrons. The molecule has 23 heavy (non-hydrogen) atoms. The van der Waals surface area contributed by atoms with E-state index in [0.29, 0.717) is 12.6 Å². The summed E-state index contributed by atoms with van der Waals surface area (Å²) < 4.78 is 38.8. The maximum atomic E-state index is 12.6. The summed E-state index contributed by atoms with van der Waals surface area (Å²) in [5, 5.41) is 3.46. The molecule has 0 aromatic carbocycles. The van der Waals surface area contributed by atoms with Crippen LogP contribution in [0.25, 0.3) is 0 Å². The Morgan fingerprint density at radius 1 is 1.26 bits per heavy atom. The smallest absolute Gasteiger partial charge is 0.337 e. The quantitative estimate of drug-likeness (QED) is 0.851. The van der Waals surface area contributed by atoms with E-state index in [-0.39, 0.29) is 18.5 Å². The Bertz CT molecular complexity index is 571. The minimum Gasteiger partial charge on any atom is -0.337 e. The zero-order valence-corrected chi connectivity index (χ0v) is 13.1. The molecule has 3 heterocycles. The second-order valence-electron chi connectivity index (χ2n) is 6.38. The topological polar surface area (TPSA) is 41.4 Å². The maximum absolute atomic E-state index is 12.6. The first-order chi connectivity index (χ1) is 10.9. The van der Waals surface area contributed by atoms with Crippen LogP contribution in [0.2, 0.25) is 0 Å². The second kappa shape index (κ2) is 6.14. The van der Waals surface area contributed by atoms with Crippen molar-refractivity contribution >= 4 is 5.91 Å². The average Bonchev–Trinajstić information content (AvgIpc) is 3.16. The number of amides is 1. The Balaban J connectivity index is 1.66. The summed E-state index contributed by atoms with van der Waals surface area (Å²) in [6.45, 7) is 1.58. The fraction of sp³-hybridized carbons (Fsp3) is 0.733. The van der Waals surface area contributed by atoms with Crippen molar-refractivity contribution in [1.29, 1.82) is 0 Å². The highest BCUT2D eigenvalue weighted by Crippen LogP contribution is 2.30. The Morgan fingerprint density at radius 3 is 2.57 bits per heavy atom. The van der Waals surface area contributed by atoms with Crippen LogP contribution in [0.4, 0.5) is 13.2 Å². The molecule has 5 nitrogen and oxygen atoms in total. The lowest BCUT2D eigenvalue weighted by Crippen LogP contribution is -2.48. The molecule has 0 unspecified atom stereocenters. The van der Waals surface area contributed by atoms with E-state index in [1.807, 2.05) is 4.90 Å². The van der Waals surface area contributed by atoms with E-state index < -0.39 is 11.9 Å². The molecule has 2 aliphatic heterocycles. The van der Waals surface area contributed by atoms with E-state index in [4.69, 9.17) is 0 Å². The molecule has 8 heteroatoms. The van der Waals surface area contributed by atoms with E-state index in [2.05, 4.69) is 17.0 Å². The fourth-order valence-electron chi connectivity index (χ4n) is 3.75. The van der Waals surface area contributed by atoms with Gasteiger partial charge in [-0.2, -0.15) is 18.3 Å². The summed E-state index contributed by atoms with van der Waals surface area (Å²) in [6, 6.07) is 1.44. The van der Waals surface area contributed by atoms with Gasteiger partial charge in [0.1, 0.15) is 6.54 Å². The lowest BCUT2D eigenvalue weighted by atomic mass is 10.0. The summed E-state index contributed by atoms with van der Waals surface area (Å²) in [7, 11) is 2.07. The minimum absolute atomic E-state index is 0.136. The molecule has 3 rings (SSSR count). The summed E-state index contributed by atoms with van der Waals surface area (Å²) in [5.74, 6) is -0.148. The normalized spacial score (nSPS) is 26.2. The molecule has 0 saturated carbocycles. The molecular formula is C15H21F3N4O. The number of aromatic nitrogens is 2. The minimum atomic E-state index is -4.48. The highest BCUT2D eigenvalue weighted by molar-refractivity contribution is 5.76. The van der Waals surface area contributed by atoms with E-state index >= 15 is 0 Å². The van der Waals surface area contributed by atoms with Gasteiger partial charge in [0, 0.05) is 24.8 Å². The van der Waals surface area contributed by atoms with E-state index in [9.17, 15) is 18.0 Å². The zero-order valence-electron chi connectivity index (χ0n) is 13.1. The van der Waals surface area contributed by atoms with Gasteiger partial charge in [0.15, 0.2) is 5.69 Å². The first kappa shape index (κ1) is 16.3. The molecular weight excluding hydrogens is 309 g/mol. The number of hydrogen-bond donors (Lipinski definition) is 0. The third-order valence-corrected chi connectivity index (χ3v) is 4.87. The summed E-state index contributed by atoms with van der Waals surface area (Å²) >= 11 is 0. The Kier molecular flexibility index (Phi) is 4.35. The number of halogens is 3. The maximum Gasteiger partial charge on any atom is 0.435 e. The predicted molar refractivity (Wildman–Crippen MR) is 77.6 cm³/mol. The third kappa shape index (κ3) is 3.36. The van der Waals surface area contributed by atoms with Gasteiger partial charge in [0.05, 0.1) is 0 Å². The number of likely N-dealkylation sites (N-methyl/N-ethyl adjacent to an activating group) is 1. The number of likely N-dealkylation sites (tertiary alicyclic amines) is 2. The van der Waals surface area contributed by atoms with Crippen LogP contribution >= 0.6 is 0 Å². The second-order valence-corrected chi connectivity index (χ2v) is 6.38. The first-order valence-electron chi connectivity index (χ1n) is 7.96. The van der Waals surface area contributed by atoms with Crippen molar-refractivity contribution in [2.45, 2.75) is 50.5 Å². The van der Waals surface area contributed by atoms with Gasteiger partial charge in [0.2, 0.25) is 5.91 Å². The van der Waals surface area contributed by atoms with Crippen LogP contribution in [-0.4, -0.2) is 57.7 Å². The van der Waals surface area contributed by atoms with Crippen molar-refractivity contribution in [1.82, 2.24) is 19.6 Å². The summed E-state index contributed by atoms with van der Waals surface area (Å²) in [6.07, 6.45) is 0.866. The van der Waals surface area contributed by atoms with E-state index in [0.717, 1.165) is 43.0 Å². The highest BCUT2D eigenvalue weighted by Gasteiger charge is 2.38. The Morgan fingerprint density at radius 2 is 1.96 bits per heavy atom. The molecule has 0 spiro atoms. The molecule has 2 saturated heterocycles. The highest BCUT2D eigenvalue weighted by atomic mass is 19.4. The molecule has 1 aromatic rings. The van der Waals surface area contributed by atoms with Gasteiger partial charge in [-0.05, 0) is 45.3 Å². The summed E-state index contributed by atoms with van der Waals surface area (Å²) in [4.78, 5) is 16.6. The van der Waals surface area contributed by atoms with Crippen LogP contribution in [-0.2, 0) is 17.5 Å². The first-order valence-corrected chi connectivity index (χ1v) is 7.96. The lowest BCUT2D eigenvalue weighted by molar-refractivity contribution is -0.142. The summed E-state index contributed by atoms with van der Waals surface area (Å²) in [5.41, 5.74) is -0.959. The molecule has 128 valence electrons. The van der Waals surface area contributed by atoms with Crippen molar-refractivity contribution in [2.75, 3.05) is 20.1 Å². The van der Waals surface area contributed by atoms with Gasteiger partial charge in [-0.25, -0.2) is 0 Å². The molecule has 2 atom stereocenters. The zero-order chi connectivity index (χ0) is 16.6. The number of hydrogen-bond acceptors (Lipinski definition) is 3. The largest absolute Gasteiger partial charge is 0.435 e. The lowest BCUT2D eigenvalue weighted by Gasteiger charge is -2.33. The Hall–Kier alpha value is -1.57. The molecule has 0 bridgehead atoms. The van der Waals surface area contributed by atoms with Gasteiger partial charge in [0.25, 0.3) is 0 Å². The SMILES string of the molecule is CN1CCC[C@@H]1[C@H]1CCCN1C(=O)Cn1ccc(C(F)(F)F)n1. The van der Waals surface area contributed by atoms with E-state index in [1.165, 1.54) is 6.20 Å². The van der Waals surface area contributed by atoms with Gasteiger partial charge in [-0.1, -0.05) is 0 Å². The third-order valence-electron chi connectivity index (χ3n) is 4.87. The van der Waals surface area contributed by atoms with Crippen molar-refractivity contribution in [2.24, 2.45) is 0 Å². The molecule has 1 amide bonds. The number of carbonyl (C=O) groups is 1. The predicted octanol–water partition coefficient (Wildman–Crippen LogP) is 1.99. The average molecular weight is 330 g/mol. The van der Waals surface area contributed by atoms with Gasteiger partial charge >= 0.3 is 6.18 Å². The molecule has 1 aromatic heterocycles.